The zero-order chi connectivity index (χ0) is 46.1. The molecule has 41 heteroatoms. The largest absolute Gasteiger partial charge is 0.467 e. The molecular weight excluding hydrogens is 977 g/mol. The number of carbonyl (C=O) groups excluding carboxylic acids is 1. The van der Waals surface area contributed by atoms with Crippen molar-refractivity contribution in [1.29, 1.82) is 0 Å². The number of ether oxygens (including phenoxy) is 6. The van der Waals surface area contributed by atoms with Crippen LogP contribution in [0.1, 0.15) is 0 Å². The second-order valence-corrected chi connectivity index (χ2v) is 18.5. The highest BCUT2D eigenvalue weighted by molar-refractivity contribution is 7.84. The number of rotatable bonds is 19. The molecule has 0 aromatic heterocycles. The first-order valence-corrected chi connectivity index (χ1v) is 23.4. The lowest BCUT2D eigenvalue weighted by Gasteiger charge is -2.48. The highest BCUT2D eigenvalue weighted by Crippen LogP contribution is 2.35. The number of hydrogen-bond donors (Lipinski definition) is 12. The van der Waals surface area contributed by atoms with Gasteiger partial charge in [-0.2, -0.15) is 60.0 Å². The zero-order valence-corrected chi connectivity index (χ0v) is 33.8. The molecule has 60 heavy (non-hydrogen) atoms. The van der Waals surface area contributed by atoms with Gasteiger partial charge in [-0.15, -0.1) is 0 Å². The predicted octanol–water partition coefficient (Wildman–Crippen LogP) is -9.28. The van der Waals surface area contributed by atoms with Gasteiger partial charge in [0.15, 0.2) is 31.1 Å². The Morgan fingerprint density at radius 2 is 1.00 bits per heavy atom. The summed E-state index contributed by atoms with van der Waals surface area (Å²) < 4.78 is 245. The number of methoxy groups -OCH3 is 1. The van der Waals surface area contributed by atoms with E-state index in [0.717, 1.165) is 0 Å². The molecule has 35 nitrogen and oxygen atoms in total. The van der Waals surface area contributed by atoms with E-state index in [4.69, 9.17) is 32.8 Å². The van der Waals surface area contributed by atoms with Crippen LogP contribution in [0.5, 0.6) is 0 Å². The van der Waals surface area contributed by atoms with E-state index in [0.29, 0.717) is 7.11 Å². The summed E-state index contributed by atoms with van der Waals surface area (Å²) in [4.78, 5) is 13.1. The van der Waals surface area contributed by atoms with Crippen molar-refractivity contribution in [1.82, 2.24) is 9.44 Å². The van der Waals surface area contributed by atoms with E-state index >= 15 is 0 Å². The van der Waals surface area contributed by atoms with Crippen molar-refractivity contribution < 1.29 is 148 Å². The molecule has 354 valence electrons. The Morgan fingerprint density at radius 3 is 1.47 bits per heavy atom. The van der Waals surface area contributed by atoms with Gasteiger partial charge >= 0.3 is 68.2 Å². The molecular formula is C19H34N2O33S6. The topological polar surface area (TPSA) is 541 Å². The van der Waals surface area contributed by atoms with Crippen LogP contribution in [-0.4, -0.2) is 217 Å². The molecule has 3 heterocycles. The maximum atomic E-state index is 13.1. The van der Waals surface area contributed by atoms with E-state index in [1.807, 2.05) is 0 Å². The summed E-state index contributed by atoms with van der Waals surface area (Å²) in [5.74, 6) is -1.75. The minimum Gasteiger partial charge on any atom is -0.467 e. The smallest absolute Gasteiger partial charge is 0.397 e. The fourth-order valence-corrected chi connectivity index (χ4v) is 8.31. The van der Waals surface area contributed by atoms with Crippen molar-refractivity contribution in [3.63, 3.8) is 0 Å². The molecule has 0 aromatic rings. The Morgan fingerprint density at radius 1 is 0.533 bits per heavy atom. The van der Waals surface area contributed by atoms with Gasteiger partial charge in [-0.05, 0) is 0 Å². The van der Waals surface area contributed by atoms with Gasteiger partial charge in [-0.3, -0.25) is 27.3 Å². The third-order valence-electron chi connectivity index (χ3n) is 7.70. The van der Waals surface area contributed by atoms with Gasteiger partial charge in [0.25, 0.3) is 0 Å². The quantitative estimate of drug-likeness (QED) is 0.0422. The lowest BCUT2D eigenvalue weighted by Crippen LogP contribution is -2.70. The molecule has 3 rings (SSSR count). The summed E-state index contributed by atoms with van der Waals surface area (Å²) in [6.07, 6.45) is -34.9. The van der Waals surface area contributed by atoms with Crippen molar-refractivity contribution in [3.05, 3.63) is 0 Å². The number of aliphatic hydroxyl groups excluding tert-OH is 4. The van der Waals surface area contributed by atoms with E-state index in [9.17, 15) is 93.9 Å². The first kappa shape index (κ1) is 52.7. The predicted molar refractivity (Wildman–Crippen MR) is 173 cm³/mol. The average Bonchev–Trinajstić information content (AvgIpc) is 3.05. The van der Waals surface area contributed by atoms with Gasteiger partial charge in [0.05, 0.1) is 20.3 Å². The van der Waals surface area contributed by atoms with Crippen molar-refractivity contribution in [2.75, 3.05) is 20.3 Å². The summed E-state index contributed by atoms with van der Waals surface area (Å²) in [6, 6.07) is -5.17. The maximum Gasteiger partial charge on any atom is 0.397 e. The molecule has 3 aliphatic heterocycles. The van der Waals surface area contributed by atoms with Crippen molar-refractivity contribution >= 4 is 68.2 Å². The monoisotopic (exact) mass is 1010 g/mol. The number of hydrogen-bond acceptors (Lipinski definition) is 27. The average molecular weight is 1010 g/mol. The van der Waals surface area contributed by atoms with Gasteiger partial charge in [0.1, 0.15) is 60.9 Å². The van der Waals surface area contributed by atoms with Crippen LogP contribution < -0.4 is 9.44 Å². The van der Waals surface area contributed by atoms with Gasteiger partial charge in [-0.25, -0.2) is 21.5 Å². The molecule has 0 amide bonds. The number of esters is 1. The van der Waals surface area contributed by atoms with E-state index in [1.54, 1.807) is 0 Å². The summed E-state index contributed by atoms with van der Waals surface area (Å²) >= 11 is 0. The maximum absolute atomic E-state index is 13.1. The molecule has 0 aliphatic carbocycles. The Kier molecular flexibility index (Phi) is 17.2. The minimum absolute atomic E-state index is 0.592. The highest BCUT2D eigenvalue weighted by Gasteiger charge is 2.58. The number of aliphatic hydroxyl groups is 4. The van der Waals surface area contributed by atoms with Gasteiger partial charge in [0.2, 0.25) is 0 Å². The summed E-state index contributed by atoms with van der Waals surface area (Å²) in [5, 5.41) is 43.4. The first-order chi connectivity index (χ1) is 27.0. The molecule has 15 atom stereocenters. The molecule has 3 fully saturated rings. The molecule has 0 aromatic carbocycles. The minimum atomic E-state index is -5.92. The van der Waals surface area contributed by atoms with Crippen LogP contribution >= 0.6 is 0 Å². The number of nitrogens with one attached hydrogen (secondary N) is 2. The highest BCUT2D eigenvalue weighted by atomic mass is 32.3. The van der Waals surface area contributed by atoms with Crippen molar-refractivity contribution in [2.45, 2.75) is 92.0 Å². The number of carbonyl (C=O) groups is 1. The van der Waals surface area contributed by atoms with Crippen molar-refractivity contribution in [2.24, 2.45) is 0 Å². The standard InChI is InChI=1S/C19H34N2O33S6/c1-45-17(26)15-13(51-18-7(21-56(30,31)32)12(53-59(39,40)41)8(22)4(49-18)2-46-57(33,34)35)10(24)14(54-60(42,43)44)19(52-15)50-11-5(3-47-58(36,37)38)48-16(25)6(9(11)23)20-55(27,28)29/h4-16,18-25H,2-3H2,1H3,(H,27,28,29)(H,30,31,32)(H,33,34,35)(H,36,37,38)(H,39,40,41)(H,42,43,44)/t4-,5-,6-,7-,8-,9-,10+,11-,12-,13+,14-,15-,16?,18-,19-/m1/s1. The third-order valence-corrected chi connectivity index (χ3v) is 10.6. The Bertz CT molecular complexity index is 2180. The fourth-order valence-electron chi connectivity index (χ4n) is 5.51. The summed E-state index contributed by atoms with van der Waals surface area (Å²) in [6.45, 7) is -3.07. The van der Waals surface area contributed by atoms with E-state index in [2.05, 4.69) is 21.5 Å². The van der Waals surface area contributed by atoms with Crippen LogP contribution in [-0.2, 0) is 112 Å². The van der Waals surface area contributed by atoms with Gasteiger partial charge < -0.3 is 48.8 Å². The van der Waals surface area contributed by atoms with E-state index < -0.39 is 173 Å². The lowest BCUT2D eigenvalue weighted by molar-refractivity contribution is -0.357. The molecule has 0 bridgehead atoms. The Balaban J connectivity index is 2.18. The van der Waals surface area contributed by atoms with Crippen LogP contribution in [0.2, 0.25) is 0 Å². The Labute approximate surface area is 337 Å². The molecule has 0 spiro atoms. The SMILES string of the molecule is COC(=O)[C@@H]1O[C@@H](O[C@H]2[C@H](O)[C@@H](NS(=O)(=O)O)C(O)O[C@@H]2COS(=O)(=O)O)[C@H](OS(=O)(=O)O)[C@@H](O)[C@@H]1O[C@H]1O[C@H](COS(=O)(=O)O)[C@@H](O)[C@H](OS(=O)(=O)O)[C@H]1NS(=O)(=O)O. The van der Waals surface area contributed by atoms with Crippen molar-refractivity contribution in [3.8, 4) is 0 Å². The molecule has 12 N–H and O–H groups in total. The first-order valence-electron chi connectivity index (χ1n) is 15.1. The normalized spacial score (nSPS) is 36.4. The molecule has 1 unspecified atom stereocenters. The summed E-state index contributed by atoms with van der Waals surface area (Å²) in [7, 11) is -33.1. The van der Waals surface area contributed by atoms with E-state index in [-0.39, 0.29) is 0 Å². The van der Waals surface area contributed by atoms with Crippen LogP contribution in [0.3, 0.4) is 0 Å². The second-order valence-electron chi connectivity index (χ2n) is 11.9. The van der Waals surface area contributed by atoms with Crippen LogP contribution in [0.4, 0.5) is 0 Å². The lowest BCUT2D eigenvalue weighted by atomic mass is 9.95. The third kappa shape index (κ3) is 15.8. The fraction of sp³-hybridized carbons (Fsp3) is 0.947. The van der Waals surface area contributed by atoms with Gasteiger partial charge in [-0.1, -0.05) is 0 Å². The van der Waals surface area contributed by atoms with E-state index in [1.165, 1.54) is 9.44 Å². The van der Waals surface area contributed by atoms with Crippen LogP contribution in [0.15, 0.2) is 0 Å². The Hall–Kier alpha value is -1.67. The summed E-state index contributed by atoms with van der Waals surface area (Å²) in [5.41, 5.74) is 0. The molecule has 3 saturated heterocycles. The molecule has 0 radical (unpaired) electrons. The second kappa shape index (κ2) is 19.6. The molecule has 0 saturated carbocycles. The molecule has 3 aliphatic rings. The zero-order valence-electron chi connectivity index (χ0n) is 28.9. The van der Waals surface area contributed by atoms with Crippen LogP contribution in [0.25, 0.3) is 0 Å². The van der Waals surface area contributed by atoms with Gasteiger partial charge in [0, 0.05) is 0 Å². The van der Waals surface area contributed by atoms with Crippen LogP contribution in [0, 0.1) is 0 Å².